The lowest BCUT2D eigenvalue weighted by Crippen LogP contribution is -2.04. The molecule has 21 heavy (non-hydrogen) atoms. The van der Waals surface area contributed by atoms with Gasteiger partial charge in [-0.3, -0.25) is 19.9 Å². The minimum atomic E-state index is -0.554. The summed E-state index contributed by atoms with van der Waals surface area (Å²) >= 11 is 0. The molecule has 0 atom stereocenters. The van der Waals surface area contributed by atoms with Crippen molar-refractivity contribution < 1.29 is 14.5 Å². The Morgan fingerprint density at radius 1 is 1.38 bits per heavy atom. The van der Waals surface area contributed by atoms with Gasteiger partial charge in [0, 0.05) is 24.0 Å². The van der Waals surface area contributed by atoms with Crippen molar-refractivity contribution in [2.24, 2.45) is 0 Å². The first kappa shape index (κ1) is 14.4. The van der Waals surface area contributed by atoms with Crippen LogP contribution in [0, 0.1) is 10.1 Å². The fourth-order valence-corrected chi connectivity index (χ4v) is 1.80. The molecule has 0 N–H and O–H groups in total. The summed E-state index contributed by atoms with van der Waals surface area (Å²) in [5.41, 5.74) is 1.40. The Bertz CT molecular complexity index is 696. The highest BCUT2D eigenvalue weighted by Crippen LogP contribution is 2.23. The molecule has 106 valence electrons. The van der Waals surface area contributed by atoms with Crippen LogP contribution in [0.2, 0.25) is 0 Å². The maximum absolute atomic E-state index is 12.4. The van der Waals surface area contributed by atoms with E-state index in [1.54, 1.807) is 36.5 Å². The highest BCUT2D eigenvalue weighted by molar-refractivity contribution is 6.10. The first-order chi connectivity index (χ1) is 10.1. The summed E-state index contributed by atoms with van der Waals surface area (Å²) in [6.07, 6.45) is 5.22. The van der Waals surface area contributed by atoms with E-state index in [2.05, 4.69) is 4.98 Å². The Balaban J connectivity index is 2.37. The summed E-state index contributed by atoms with van der Waals surface area (Å²) in [4.78, 5) is 26.0. The van der Waals surface area contributed by atoms with E-state index in [-0.39, 0.29) is 5.78 Å². The van der Waals surface area contributed by atoms with E-state index in [9.17, 15) is 14.9 Å². The summed E-state index contributed by atoms with van der Waals surface area (Å²) in [5.74, 6) is 0.138. The molecule has 6 heteroatoms. The number of pyridine rings is 1. The topological polar surface area (TPSA) is 82.3 Å². The number of carbonyl (C=O) groups excluding carboxylic acids is 1. The molecule has 2 rings (SSSR count). The number of rotatable bonds is 5. The number of carbonyl (C=O) groups is 1. The van der Waals surface area contributed by atoms with Crippen LogP contribution in [-0.2, 0) is 0 Å². The van der Waals surface area contributed by atoms with Crippen LogP contribution in [0.3, 0.4) is 0 Å². The van der Waals surface area contributed by atoms with Crippen molar-refractivity contribution in [3.8, 4) is 5.75 Å². The van der Waals surface area contributed by atoms with Gasteiger partial charge in [-0.05, 0) is 29.8 Å². The van der Waals surface area contributed by atoms with E-state index in [0.29, 0.717) is 22.4 Å². The molecule has 0 radical (unpaired) electrons. The molecule has 0 fully saturated rings. The zero-order valence-electron chi connectivity index (χ0n) is 11.2. The third-order valence-corrected chi connectivity index (χ3v) is 2.78. The summed E-state index contributed by atoms with van der Waals surface area (Å²) < 4.78 is 5.19. The molecule has 0 aliphatic carbocycles. The van der Waals surface area contributed by atoms with Gasteiger partial charge in [0.2, 0.25) is 6.20 Å². The van der Waals surface area contributed by atoms with E-state index in [1.807, 2.05) is 0 Å². The monoisotopic (exact) mass is 284 g/mol. The minimum Gasteiger partial charge on any atom is -0.496 e. The van der Waals surface area contributed by atoms with Gasteiger partial charge in [-0.2, -0.15) is 0 Å². The molecule has 0 aliphatic rings. The number of hydrogen-bond acceptors (Lipinski definition) is 5. The number of ether oxygens (including phenoxy) is 1. The maximum atomic E-state index is 12.4. The second-order valence-corrected chi connectivity index (χ2v) is 4.13. The van der Waals surface area contributed by atoms with E-state index in [1.165, 1.54) is 19.4 Å². The molecule has 2 aromatic rings. The van der Waals surface area contributed by atoms with Crippen molar-refractivity contribution >= 4 is 11.9 Å². The maximum Gasteiger partial charge on any atom is 0.235 e. The van der Waals surface area contributed by atoms with E-state index in [4.69, 9.17) is 4.74 Å². The van der Waals surface area contributed by atoms with Gasteiger partial charge < -0.3 is 4.74 Å². The van der Waals surface area contributed by atoms with Crippen molar-refractivity contribution in [2.75, 3.05) is 7.11 Å². The smallest absolute Gasteiger partial charge is 0.235 e. The zero-order chi connectivity index (χ0) is 15.2. The van der Waals surface area contributed by atoms with Crippen molar-refractivity contribution in [2.45, 2.75) is 0 Å². The van der Waals surface area contributed by atoms with Crippen LogP contribution in [0.4, 0.5) is 0 Å². The SMILES string of the molecule is COc1cc(C=C[N+](=O)[O-])ccc1C(=O)c1cccnc1. The van der Waals surface area contributed by atoms with Crippen molar-refractivity contribution in [1.82, 2.24) is 4.98 Å². The van der Waals surface area contributed by atoms with E-state index in [0.717, 1.165) is 6.20 Å². The van der Waals surface area contributed by atoms with Gasteiger partial charge in [0.15, 0.2) is 5.78 Å². The van der Waals surface area contributed by atoms with Crippen LogP contribution >= 0.6 is 0 Å². The molecule has 0 bridgehead atoms. The Morgan fingerprint density at radius 3 is 2.81 bits per heavy atom. The Kier molecular flexibility index (Phi) is 4.40. The van der Waals surface area contributed by atoms with Gasteiger partial charge in [0.05, 0.1) is 17.6 Å². The largest absolute Gasteiger partial charge is 0.496 e. The molecule has 1 aromatic heterocycles. The molecule has 0 unspecified atom stereocenters. The van der Waals surface area contributed by atoms with Crippen LogP contribution in [0.5, 0.6) is 5.75 Å². The quantitative estimate of drug-likeness (QED) is 0.478. The lowest BCUT2D eigenvalue weighted by Gasteiger charge is -2.08. The second-order valence-electron chi connectivity index (χ2n) is 4.13. The van der Waals surface area contributed by atoms with E-state index < -0.39 is 4.92 Å². The molecule has 0 saturated carbocycles. The summed E-state index contributed by atoms with van der Waals surface area (Å²) in [6, 6.07) is 8.10. The van der Waals surface area contributed by atoms with Gasteiger partial charge in [0.25, 0.3) is 0 Å². The summed E-state index contributed by atoms with van der Waals surface area (Å²) in [6.45, 7) is 0. The average Bonchev–Trinajstić information content (AvgIpc) is 2.52. The number of nitrogens with zero attached hydrogens (tertiary/aromatic N) is 2. The number of aromatic nitrogens is 1. The molecule has 1 heterocycles. The number of methoxy groups -OCH3 is 1. The molecular weight excluding hydrogens is 272 g/mol. The fourth-order valence-electron chi connectivity index (χ4n) is 1.80. The first-order valence-corrected chi connectivity index (χ1v) is 6.06. The number of hydrogen-bond donors (Lipinski definition) is 0. The highest BCUT2D eigenvalue weighted by Gasteiger charge is 2.14. The molecule has 6 nitrogen and oxygen atoms in total. The third-order valence-electron chi connectivity index (χ3n) is 2.78. The van der Waals surface area contributed by atoms with Crippen molar-refractivity contribution in [3.05, 3.63) is 75.7 Å². The lowest BCUT2D eigenvalue weighted by atomic mass is 10.0. The highest BCUT2D eigenvalue weighted by atomic mass is 16.6. The second kappa shape index (κ2) is 6.42. The van der Waals surface area contributed by atoms with Crippen LogP contribution < -0.4 is 4.74 Å². The molecule has 1 aromatic carbocycles. The molecule has 0 amide bonds. The molecule has 0 aliphatic heterocycles. The summed E-state index contributed by atoms with van der Waals surface area (Å²) in [5, 5.41) is 10.3. The number of ketones is 1. The van der Waals surface area contributed by atoms with Gasteiger partial charge >= 0.3 is 0 Å². The van der Waals surface area contributed by atoms with Crippen molar-refractivity contribution in [1.29, 1.82) is 0 Å². The molecular formula is C15H12N2O4. The predicted octanol–water partition coefficient (Wildman–Crippen LogP) is 2.57. The Labute approximate surface area is 120 Å². The Hall–Kier alpha value is -3.02. The standard InChI is InChI=1S/C15H12N2O4/c1-21-14-9-11(6-8-17(19)20)4-5-13(14)15(18)12-3-2-7-16-10-12/h2-10H,1H3. The third kappa shape index (κ3) is 3.50. The van der Waals surface area contributed by atoms with Crippen molar-refractivity contribution in [3.63, 3.8) is 0 Å². The van der Waals surface area contributed by atoms with Crippen LogP contribution in [0.15, 0.2) is 48.9 Å². The van der Waals surface area contributed by atoms with Gasteiger partial charge in [-0.15, -0.1) is 0 Å². The van der Waals surface area contributed by atoms with E-state index >= 15 is 0 Å². The fraction of sp³-hybridized carbons (Fsp3) is 0.0667. The molecule has 0 saturated heterocycles. The zero-order valence-corrected chi connectivity index (χ0v) is 11.2. The normalized spacial score (nSPS) is 10.5. The van der Waals surface area contributed by atoms with Crippen LogP contribution in [-0.4, -0.2) is 22.8 Å². The average molecular weight is 284 g/mol. The Morgan fingerprint density at radius 2 is 2.19 bits per heavy atom. The van der Waals surface area contributed by atoms with Gasteiger partial charge in [0.1, 0.15) is 5.75 Å². The summed E-state index contributed by atoms with van der Waals surface area (Å²) in [7, 11) is 1.44. The predicted molar refractivity (Wildman–Crippen MR) is 76.7 cm³/mol. The molecule has 0 spiro atoms. The number of nitro groups is 1. The number of benzene rings is 1. The van der Waals surface area contributed by atoms with Crippen LogP contribution in [0.1, 0.15) is 21.5 Å². The first-order valence-electron chi connectivity index (χ1n) is 6.06. The lowest BCUT2D eigenvalue weighted by molar-refractivity contribution is -0.400. The van der Waals surface area contributed by atoms with Gasteiger partial charge in [-0.1, -0.05) is 6.07 Å². The minimum absolute atomic E-state index is 0.218. The van der Waals surface area contributed by atoms with Crippen LogP contribution in [0.25, 0.3) is 6.08 Å². The van der Waals surface area contributed by atoms with Gasteiger partial charge in [-0.25, -0.2) is 0 Å².